The van der Waals surface area contributed by atoms with Crippen LogP contribution in [0.4, 0.5) is 0 Å². The summed E-state index contributed by atoms with van der Waals surface area (Å²) < 4.78 is 4.48. The Hall–Kier alpha value is -4.44. The molecule has 0 saturated heterocycles. The van der Waals surface area contributed by atoms with Gasteiger partial charge in [0.15, 0.2) is 11.3 Å². The molecule has 0 aliphatic rings. The Kier molecular flexibility index (Phi) is 3.94. The van der Waals surface area contributed by atoms with Crippen molar-refractivity contribution >= 4 is 44.1 Å². The lowest BCUT2D eigenvalue weighted by Gasteiger charge is -2.09. The minimum Gasteiger partial charge on any atom is -0.293 e. The van der Waals surface area contributed by atoms with E-state index in [4.69, 9.17) is 9.97 Å². The van der Waals surface area contributed by atoms with Crippen LogP contribution in [0.3, 0.4) is 0 Å². The molecule has 4 heteroatoms. The smallest absolute Gasteiger partial charge is 0.165 e. The van der Waals surface area contributed by atoms with Crippen molar-refractivity contribution in [3.05, 3.63) is 108 Å². The van der Waals surface area contributed by atoms with Crippen LogP contribution in [0.2, 0.25) is 0 Å². The molecule has 0 N–H and O–H groups in total. The molecule has 3 heterocycles. The van der Waals surface area contributed by atoms with Gasteiger partial charge in [-0.3, -0.25) is 9.13 Å². The van der Waals surface area contributed by atoms with Crippen molar-refractivity contribution in [2.24, 2.45) is 0 Å². The maximum atomic E-state index is 5.30. The first-order valence-electron chi connectivity index (χ1n) is 11.5. The zero-order valence-electron chi connectivity index (χ0n) is 19.0. The Morgan fingerprint density at radius 3 is 1.38 bits per heavy atom. The van der Waals surface area contributed by atoms with Gasteiger partial charge in [-0.25, -0.2) is 9.97 Å². The van der Waals surface area contributed by atoms with Crippen LogP contribution in [0.25, 0.3) is 55.5 Å². The van der Waals surface area contributed by atoms with Crippen LogP contribution in [0.15, 0.2) is 97.1 Å². The Balaban J connectivity index is 1.68. The van der Waals surface area contributed by atoms with Crippen molar-refractivity contribution in [2.75, 3.05) is 0 Å². The number of aromatic nitrogens is 4. The van der Waals surface area contributed by atoms with Gasteiger partial charge in [0.05, 0.1) is 11.0 Å². The van der Waals surface area contributed by atoms with Crippen LogP contribution in [-0.4, -0.2) is 19.1 Å². The quantitative estimate of drug-likeness (QED) is 0.284. The minimum atomic E-state index is 0.881. The Labute approximate surface area is 196 Å². The number of aryl methyl sites for hydroxylation is 2. The topological polar surface area (TPSA) is 35.6 Å². The Morgan fingerprint density at radius 2 is 0.941 bits per heavy atom. The fourth-order valence-electron chi connectivity index (χ4n) is 5.11. The van der Waals surface area contributed by atoms with E-state index in [0.717, 1.165) is 55.5 Å². The van der Waals surface area contributed by atoms with E-state index in [0.29, 0.717) is 0 Å². The molecule has 7 aromatic rings. The van der Waals surface area contributed by atoms with Gasteiger partial charge in [0.1, 0.15) is 11.0 Å². The van der Waals surface area contributed by atoms with E-state index in [2.05, 4.69) is 120 Å². The minimum absolute atomic E-state index is 0.881. The first-order valence-corrected chi connectivity index (χ1v) is 11.5. The highest BCUT2D eigenvalue weighted by molar-refractivity contribution is 6.12. The molecule has 3 aromatic heterocycles. The van der Waals surface area contributed by atoms with Gasteiger partial charge in [-0.2, -0.15) is 0 Å². The third kappa shape index (κ3) is 2.66. The molecule has 0 fully saturated rings. The van der Waals surface area contributed by atoms with Gasteiger partial charge in [-0.1, -0.05) is 60.7 Å². The van der Waals surface area contributed by atoms with Crippen molar-refractivity contribution in [3.63, 3.8) is 0 Å². The first-order chi connectivity index (χ1) is 16.7. The van der Waals surface area contributed by atoms with Gasteiger partial charge in [0.2, 0.25) is 0 Å². The van der Waals surface area contributed by atoms with Crippen molar-refractivity contribution in [2.45, 2.75) is 13.8 Å². The summed E-state index contributed by atoms with van der Waals surface area (Å²) in [6, 6.07) is 34.0. The third-order valence-corrected chi connectivity index (χ3v) is 6.60. The molecule has 162 valence electrons. The largest absolute Gasteiger partial charge is 0.293 e. The number of hydrogen-bond acceptors (Lipinski definition) is 2. The van der Waals surface area contributed by atoms with E-state index in [9.17, 15) is 0 Å². The van der Waals surface area contributed by atoms with Gasteiger partial charge in [-0.15, -0.1) is 0 Å². The van der Waals surface area contributed by atoms with Gasteiger partial charge in [0, 0.05) is 22.1 Å². The summed E-state index contributed by atoms with van der Waals surface area (Å²) in [5.74, 6) is 0. The fourth-order valence-corrected chi connectivity index (χ4v) is 5.11. The highest BCUT2D eigenvalue weighted by Gasteiger charge is 2.20. The molecule has 7 rings (SSSR count). The van der Waals surface area contributed by atoms with Crippen molar-refractivity contribution in [3.8, 4) is 11.4 Å². The molecule has 0 radical (unpaired) electrons. The number of fused-ring (bicyclic) bond motifs is 6. The number of rotatable bonds is 2. The lowest BCUT2D eigenvalue weighted by atomic mass is 10.2. The molecular formula is C30H22N4. The lowest BCUT2D eigenvalue weighted by molar-refractivity contribution is 1.11. The van der Waals surface area contributed by atoms with E-state index < -0.39 is 0 Å². The van der Waals surface area contributed by atoms with E-state index in [1.54, 1.807) is 0 Å². The summed E-state index contributed by atoms with van der Waals surface area (Å²) in [6.07, 6.45) is 0. The molecule has 0 bridgehead atoms. The van der Waals surface area contributed by atoms with Crippen LogP contribution >= 0.6 is 0 Å². The molecule has 4 aromatic carbocycles. The summed E-state index contributed by atoms with van der Waals surface area (Å²) in [5, 5.41) is 2.21. The van der Waals surface area contributed by atoms with E-state index in [1.807, 2.05) is 0 Å². The summed E-state index contributed by atoms with van der Waals surface area (Å²) in [4.78, 5) is 10.6. The van der Waals surface area contributed by atoms with E-state index in [1.165, 1.54) is 11.1 Å². The second-order valence-corrected chi connectivity index (χ2v) is 8.95. The molecule has 0 spiro atoms. The molecule has 0 atom stereocenters. The molecule has 0 amide bonds. The third-order valence-electron chi connectivity index (χ3n) is 6.60. The average molecular weight is 439 g/mol. The zero-order valence-corrected chi connectivity index (χ0v) is 19.0. The predicted octanol–water partition coefficient (Wildman–Crippen LogP) is 7.29. The lowest BCUT2D eigenvalue weighted by Crippen LogP contribution is -1.99. The molecule has 34 heavy (non-hydrogen) atoms. The molecule has 0 aliphatic heterocycles. The highest BCUT2D eigenvalue weighted by Crippen LogP contribution is 2.35. The van der Waals surface area contributed by atoms with Gasteiger partial charge in [-0.05, 0) is 61.4 Å². The van der Waals surface area contributed by atoms with Crippen molar-refractivity contribution in [1.82, 2.24) is 19.1 Å². The normalized spacial score (nSPS) is 11.8. The van der Waals surface area contributed by atoms with Gasteiger partial charge < -0.3 is 0 Å². The van der Waals surface area contributed by atoms with Crippen LogP contribution in [0.5, 0.6) is 0 Å². The Morgan fingerprint density at radius 1 is 0.500 bits per heavy atom. The fraction of sp³-hybridized carbons (Fsp3) is 0.0667. The van der Waals surface area contributed by atoms with Gasteiger partial charge >= 0.3 is 0 Å². The van der Waals surface area contributed by atoms with Crippen LogP contribution in [0, 0.1) is 13.8 Å². The molecular weight excluding hydrogens is 416 g/mol. The van der Waals surface area contributed by atoms with Crippen molar-refractivity contribution < 1.29 is 0 Å². The molecule has 0 unspecified atom stereocenters. The SMILES string of the molecule is Cc1cccc(-n2c3ccccc3c3nc4c(nc32)c2ccccc2n4-c2cccc(C)c2)c1. The second kappa shape index (κ2) is 7.03. The molecule has 4 nitrogen and oxygen atoms in total. The Bertz CT molecular complexity index is 1750. The maximum absolute atomic E-state index is 5.30. The summed E-state index contributed by atoms with van der Waals surface area (Å²) in [6.45, 7) is 4.24. The number of hydrogen-bond donors (Lipinski definition) is 0. The van der Waals surface area contributed by atoms with Crippen LogP contribution in [-0.2, 0) is 0 Å². The number of para-hydroxylation sites is 2. The zero-order chi connectivity index (χ0) is 22.8. The van der Waals surface area contributed by atoms with E-state index in [-0.39, 0.29) is 0 Å². The van der Waals surface area contributed by atoms with Gasteiger partial charge in [0.25, 0.3) is 0 Å². The molecule has 0 saturated carbocycles. The second-order valence-electron chi connectivity index (χ2n) is 8.95. The van der Waals surface area contributed by atoms with E-state index >= 15 is 0 Å². The summed E-state index contributed by atoms with van der Waals surface area (Å²) >= 11 is 0. The monoisotopic (exact) mass is 438 g/mol. The van der Waals surface area contributed by atoms with Crippen LogP contribution in [0.1, 0.15) is 11.1 Å². The number of benzene rings is 4. The average Bonchev–Trinajstić information content (AvgIpc) is 3.35. The standard InChI is InChI=1S/C30H22N4/c1-19-9-7-11-21(17-19)33-25-15-5-3-13-23(25)27-29(33)31-28-24-14-4-6-16-26(24)34(30(28)32-27)22-12-8-10-20(2)18-22/h3-18H,1-2H3. The predicted molar refractivity (Wildman–Crippen MR) is 140 cm³/mol. The van der Waals surface area contributed by atoms with Crippen molar-refractivity contribution in [1.29, 1.82) is 0 Å². The first kappa shape index (κ1) is 19.1. The highest BCUT2D eigenvalue weighted by atomic mass is 15.1. The maximum Gasteiger partial charge on any atom is 0.165 e. The number of nitrogens with zero attached hydrogens (tertiary/aromatic N) is 4. The van der Waals surface area contributed by atoms with Crippen LogP contribution < -0.4 is 0 Å². The molecule has 0 aliphatic carbocycles. The summed E-state index contributed by atoms with van der Waals surface area (Å²) in [7, 11) is 0. The summed E-state index contributed by atoms with van der Waals surface area (Å²) in [5.41, 5.74) is 10.5.